The maximum absolute atomic E-state index is 11.7. The molecule has 1 aromatic heterocycles. The molecule has 2 rings (SSSR count). The van der Waals surface area contributed by atoms with Gasteiger partial charge >= 0.3 is 0 Å². The molecule has 0 amide bonds. The number of halogens is 1. The first-order valence-electron chi connectivity index (χ1n) is 7.40. The number of sulfone groups is 1. The van der Waals surface area contributed by atoms with E-state index < -0.39 is 9.84 Å². The lowest BCUT2D eigenvalue weighted by atomic mass is 9.87. The van der Waals surface area contributed by atoms with E-state index in [4.69, 9.17) is 0 Å². The van der Waals surface area contributed by atoms with Gasteiger partial charge in [-0.15, -0.1) is 0 Å². The number of hydrogen-bond donors (Lipinski definition) is 1. The van der Waals surface area contributed by atoms with Crippen LogP contribution < -0.4 is 5.32 Å². The van der Waals surface area contributed by atoms with Crippen molar-refractivity contribution in [3.05, 3.63) is 28.5 Å². The molecule has 1 aliphatic heterocycles. The third-order valence-corrected chi connectivity index (χ3v) is 6.25. The molecule has 0 aromatic carbocycles. The zero-order valence-corrected chi connectivity index (χ0v) is 15.0. The van der Waals surface area contributed by atoms with Gasteiger partial charge in [0.25, 0.3) is 0 Å². The number of nitrogens with one attached hydrogen (secondary N) is 1. The highest BCUT2D eigenvalue weighted by Gasteiger charge is 2.33. The van der Waals surface area contributed by atoms with Crippen LogP contribution >= 0.6 is 15.9 Å². The van der Waals surface area contributed by atoms with E-state index in [9.17, 15) is 8.42 Å². The third kappa shape index (κ3) is 5.34. The van der Waals surface area contributed by atoms with Crippen molar-refractivity contribution in [2.24, 2.45) is 11.8 Å². The molecule has 0 radical (unpaired) electrons. The van der Waals surface area contributed by atoms with Crippen molar-refractivity contribution in [3.8, 4) is 0 Å². The molecule has 1 aromatic rings. The van der Waals surface area contributed by atoms with E-state index in [1.807, 2.05) is 12.1 Å². The predicted molar refractivity (Wildman–Crippen MR) is 89.0 cm³/mol. The second-order valence-corrected chi connectivity index (χ2v) is 9.30. The molecule has 1 N–H and O–H groups in total. The number of pyridine rings is 1. The smallest absolute Gasteiger partial charge is 0.150 e. The highest BCUT2D eigenvalue weighted by atomic mass is 79.9. The van der Waals surface area contributed by atoms with E-state index in [2.05, 4.69) is 40.1 Å². The van der Waals surface area contributed by atoms with Crippen LogP contribution in [0.1, 0.15) is 26.0 Å². The monoisotopic (exact) mass is 374 g/mol. The van der Waals surface area contributed by atoms with Crippen LogP contribution in [0.3, 0.4) is 0 Å². The minimum Gasteiger partial charge on any atom is -0.314 e. The van der Waals surface area contributed by atoms with Crippen LogP contribution in [-0.2, 0) is 16.3 Å². The van der Waals surface area contributed by atoms with Gasteiger partial charge in [0.2, 0.25) is 0 Å². The predicted octanol–water partition coefficient (Wildman–Crippen LogP) is 2.44. The van der Waals surface area contributed by atoms with Gasteiger partial charge in [0.05, 0.1) is 11.5 Å². The zero-order valence-electron chi connectivity index (χ0n) is 12.5. The summed E-state index contributed by atoms with van der Waals surface area (Å²) in [5.41, 5.74) is 1.03. The molecule has 2 heterocycles. The van der Waals surface area contributed by atoms with Gasteiger partial charge in [0.1, 0.15) is 0 Å². The van der Waals surface area contributed by atoms with Crippen LogP contribution in [0.2, 0.25) is 0 Å². The number of hydrogen-bond acceptors (Lipinski definition) is 4. The summed E-state index contributed by atoms with van der Waals surface area (Å²) in [6, 6.07) is 4.40. The minimum atomic E-state index is -2.83. The fourth-order valence-electron chi connectivity index (χ4n) is 2.78. The van der Waals surface area contributed by atoms with Gasteiger partial charge in [-0.3, -0.25) is 4.98 Å². The topological polar surface area (TPSA) is 59.1 Å². The third-order valence-electron chi connectivity index (χ3n) is 3.98. The van der Waals surface area contributed by atoms with E-state index in [-0.39, 0.29) is 5.92 Å². The first kappa shape index (κ1) is 16.9. The number of aromatic nitrogens is 1. The lowest BCUT2D eigenvalue weighted by Crippen LogP contribution is -2.34. The molecule has 0 saturated carbocycles. The van der Waals surface area contributed by atoms with E-state index in [0.717, 1.165) is 29.6 Å². The fourth-order valence-corrected chi connectivity index (χ4v) is 4.94. The Bertz CT molecular complexity index is 558. The van der Waals surface area contributed by atoms with Crippen molar-refractivity contribution in [2.75, 3.05) is 18.1 Å². The first-order chi connectivity index (χ1) is 9.85. The van der Waals surface area contributed by atoms with Crippen molar-refractivity contribution in [2.45, 2.75) is 32.7 Å². The van der Waals surface area contributed by atoms with Crippen LogP contribution in [0.15, 0.2) is 22.8 Å². The lowest BCUT2D eigenvalue weighted by Gasteiger charge is -2.24. The summed E-state index contributed by atoms with van der Waals surface area (Å²) in [6.07, 6.45) is 3.41. The maximum Gasteiger partial charge on any atom is 0.150 e. The minimum absolute atomic E-state index is 0.242. The number of nitrogens with zero attached hydrogens (tertiary/aromatic N) is 1. The summed E-state index contributed by atoms with van der Waals surface area (Å²) in [6.45, 7) is 5.07. The Labute approximate surface area is 135 Å². The Kier molecular flexibility index (Phi) is 5.80. The number of rotatable bonds is 6. The Morgan fingerprint density at radius 3 is 2.71 bits per heavy atom. The summed E-state index contributed by atoms with van der Waals surface area (Å²) < 4.78 is 24.4. The van der Waals surface area contributed by atoms with Crippen molar-refractivity contribution < 1.29 is 8.42 Å². The maximum atomic E-state index is 11.7. The Morgan fingerprint density at radius 1 is 1.43 bits per heavy atom. The molecule has 2 atom stereocenters. The summed E-state index contributed by atoms with van der Waals surface area (Å²) in [7, 11) is -2.83. The van der Waals surface area contributed by atoms with E-state index in [0.29, 0.717) is 23.5 Å². The first-order valence-corrected chi connectivity index (χ1v) is 10.0. The van der Waals surface area contributed by atoms with Crippen LogP contribution in [0.4, 0.5) is 0 Å². The van der Waals surface area contributed by atoms with Gasteiger partial charge in [-0.2, -0.15) is 0 Å². The summed E-state index contributed by atoms with van der Waals surface area (Å²) >= 11 is 3.39. The van der Waals surface area contributed by atoms with Crippen molar-refractivity contribution in [1.82, 2.24) is 10.3 Å². The van der Waals surface area contributed by atoms with Gasteiger partial charge < -0.3 is 5.32 Å². The highest BCUT2D eigenvalue weighted by Crippen LogP contribution is 2.28. The lowest BCUT2D eigenvalue weighted by molar-refractivity contribution is 0.331. The van der Waals surface area contributed by atoms with Gasteiger partial charge in [-0.25, -0.2) is 8.42 Å². The van der Waals surface area contributed by atoms with E-state index >= 15 is 0 Å². The zero-order chi connectivity index (χ0) is 15.5. The van der Waals surface area contributed by atoms with Crippen LogP contribution in [0.5, 0.6) is 0 Å². The average molecular weight is 375 g/mol. The van der Waals surface area contributed by atoms with Crippen molar-refractivity contribution in [1.29, 1.82) is 0 Å². The molecular weight excluding hydrogens is 352 g/mol. The molecule has 1 saturated heterocycles. The Balaban J connectivity index is 2.06. The second kappa shape index (κ2) is 7.20. The Hall–Kier alpha value is -0.460. The largest absolute Gasteiger partial charge is 0.314 e. The van der Waals surface area contributed by atoms with Crippen LogP contribution in [0, 0.1) is 11.8 Å². The Morgan fingerprint density at radius 2 is 2.19 bits per heavy atom. The molecule has 21 heavy (non-hydrogen) atoms. The summed E-state index contributed by atoms with van der Waals surface area (Å²) in [5.74, 6) is 1.22. The molecular formula is C15H23BrN2O2S. The molecule has 118 valence electrons. The standard InChI is InChI=1S/C15H23BrN2O2S/c1-11(2)17-8-13(12-5-6-21(19,20)10-12)7-15-4-3-14(16)9-18-15/h3-4,9,11-13,17H,5-8,10H2,1-2H3. The second-order valence-electron chi connectivity index (χ2n) is 6.16. The average Bonchev–Trinajstić information content (AvgIpc) is 2.77. The molecule has 6 heteroatoms. The molecule has 0 aliphatic carbocycles. The van der Waals surface area contributed by atoms with Gasteiger partial charge in [0, 0.05) is 22.4 Å². The normalized spacial score (nSPS) is 22.6. The molecule has 2 unspecified atom stereocenters. The van der Waals surface area contributed by atoms with Crippen molar-refractivity contribution in [3.63, 3.8) is 0 Å². The molecule has 0 spiro atoms. The summed E-state index contributed by atoms with van der Waals surface area (Å²) in [5, 5.41) is 3.45. The highest BCUT2D eigenvalue weighted by molar-refractivity contribution is 9.10. The molecule has 0 bridgehead atoms. The molecule has 4 nitrogen and oxygen atoms in total. The quantitative estimate of drug-likeness (QED) is 0.830. The van der Waals surface area contributed by atoms with Crippen molar-refractivity contribution >= 4 is 25.8 Å². The van der Waals surface area contributed by atoms with E-state index in [1.165, 1.54) is 0 Å². The van der Waals surface area contributed by atoms with Gasteiger partial charge in [-0.1, -0.05) is 13.8 Å². The van der Waals surface area contributed by atoms with Crippen LogP contribution in [-0.4, -0.2) is 37.5 Å². The van der Waals surface area contributed by atoms with Gasteiger partial charge in [0.15, 0.2) is 9.84 Å². The fraction of sp³-hybridized carbons (Fsp3) is 0.667. The van der Waals surface area contributed by atoms with Gasteiger partial charge in [-0.05, 0) is 59.3 Å². The summed E-state index contributed by atoms with van der Waals surface area (Å²) in [4.78, 5) is 4.43. The SMILES string of the molecule is CC(C)NCC(Cc1ccc(Br)cn1)C1CCS(=O)(=O)C1. The molecule has 1 fully saturated rings. The van der Waals surface area contributed by atoms with Crippen LogP contribution in [0.25, 0.3) is 0 Å². The van der Waals surface area contributed by atoms with E-state index in [1.54, 1.807) is 6.20 Å². The molecule has 1 aliphatic rings.